The molecule has 0 spiro atoms. The summed E-state index contributed by atoms with van der Waals surface area (Å²) in [6.45, 7) is 7.18. The van der Waals surface area contributed by atoms with E-state index in [0.717, 1.165) is 17.5 Å². The molecule has 0 saturated heterocycles. The number of rotatable bonds is 11. The molecule has 174 valence electrons. The number of aliphatic carboxylic acids is 1. The van der Waals surface area contributed by atoms with Crippen molar-refractivity contribution < 1.29 is 19.4 Å². The Balaban J connectivity index is 1.79. The quantitative estimate of drug-likeness (QED) is 0.408. The average molecular weight is 448 g/mol. The molecule has 3 aromatic rings. The van der Waals surface area contributed by atoms with E-state index in [1.807, 2.05) is 19.1 Å². The summed E-state index contributed by atoms with van der Waals surface area (Å²) in [6, 6.07) is 21.0. The molecule has 2 N–H and O–H groups in total. The lowest BCUT2D eigenvalue weighted by Crippen LogP contribution is -2.25. The standard InChI is InChI=1S/C28H33NO4/c1-5-22-15-21(11-14-27(22)33-18-28(30)31)16-29-26(17-32-4)25-8-6-7-24(20(25)3)23-12-9-19(2)10-13-23/h6-15,26,29H,5,16-18H2,1-4H3,(H,30,31). The third-order valence-corrected chi connectivity index (χ3v) is 5.86. The molecule has 0 heterocycles. The molecule has 33 heavy (non-hydrogen) atoms. The molecule has 0 aliphatic carbocycles. The van der Waals surface area contributed by atoms with Crippen molar-refractivity contribution in [3.8, 4) is 16.9 Å². The largest absolute Gasteiger partial charge is 0.482 e. The smallest absolute Gasteiger partial charge is 0.341 e. The van der Waals surface area contributed by atoms with E-state index in [2.05, 4.69) is 67.7 Å². The Labute approximate surface area is 196 Å². The summed E-state index contributed by atoms with van der Waals surface area (Å²) >= 11 is 0. The fourth-order valence-corrected chi connectivity index (χ4v) is 4.04. The highest BCUT2D eigenvalue weighted by molar-refractivity contribution is 5.69. The highest BCUT2D eigenvalue weighted by Gasteiger charge is 2.16. The molecule has 1 unspecified atom stereocenters. The highest BCUT2D eigenvalue weighted by atomic mass is 16.5. The second kappa shape index (κ2) is 11.6. The number of ether oxygens (including phenoxy) is 2. The van der Waals surface area contributed by atoms with Crippen LogP contribution in [-0.2, 0) is 22.5 Å². The minimum absolute atomic E-state index is 0.0356. The Hall–Kier alpha value is -3.15. The summed E-state index contributed by atoms with van der Waals surface area (Å²) < 4.78 is 11.0. The zero-order valence-corrected chi connectivity index (χ0v) is 19.9. The van der Waals surface area contributed by atoms with Crippen LogP contribution in [0.4, 0.5) is 0 Å². The van der Waals surface area contributed by atoms with Gasteiger partial charge in [0.25, 0.3) is 0 Å². The van der Waals surface area contributed by atoms with Gasteiger partial charge in [-0.05, 0) is 59.7 Å². The zero-order chi connectivity index (χ0) is 23.8. The molecule has 0 fully saturated rings. The van der Waals surface area contributed by atoms with Crippen molar-refractivity contribution in [3.63, 3.8) is 0 Å². The van der Waals surface area contributed by atoms with Gasteiger partial charge in [-0.2, -0.15) is 0 Å². The third-order valence-electron chi connectivity index (χ3n) is 5.86. The molecule has 0 amide bonds. The molecule has 3 aromatic carbocycles. The maximum Gasteiger partial charge on any atom is 0.341 e. The van der Waals surface area contributed by atoms with Gasteiger partial charge in [0, 0.05) is 13.7 Å². The highest BCUT2D eigenvalue weighted by Crippen LogP contribution is 2.30. The van der Waals surface area contributed by atoms with Crippen LogP contribution in [0.2, 0.25) is 0 Å². The molecular weight excluding hydrogens is 414 g/mol. The molecule has 0 radical (unpaired) electrons. The summed E-state index contributed by atoms with van der Waals surface area (Å²) in [5.74, 6) is -0.354. The molecule has 0 aromatic heterocycles. The van der Waals surface area contributed by atoms with E-state index in [4.69, 9.17) is 14.6 Å². The molecule has 0 bridgehead atoms. The fraction of sp³-hybridized carbons (Fsp3) is 0.321. The first-order chi connectivity index (χ1) is 15.9. The van der Waals surface area contributed by atoms with E-state index >= 15 is 0 Å². The second-order valence-electron chi connectivity index (χ2n) is 8.25. The molecule has 1 atom stereocenters. The van der Waals surface area contributed by atoms with E-state index in [-0.39, 0.29) is 12.6 Å². The third kappa shape index (κ3) is 6.44. The first kappa shape index (κ1) is 24.5. The Kier molecular flexibility index (Phi) is 8.64. The van der Waals surface area contributed by atoms with Gasteiger partial charge in [0.1, 0.15) is 5.75 Å². The van der Waals surface area contributed by atoms with E-state index in [1.54, 1.807) is 7.11 Å². The van der Waals surface area contributed by atoms with Gasteiger partial charge in [0.05, 0.1) is 12.6 Å². The number of benzene rings is 3. The van der Waals surface area contributed by atoms with E-state index in [9.17, 15) is 4.79 Å². The lowest BCUT2D eigenvalue weighted by atomic mass is 9.92. The average Bonchev–Trinajstić information content (AvgIpc) is 2.81. The van der Waals surface area contributed by atoms with Crippen molar-refractivity contribution in [1.29, 1.82) is 0 Å². The number of carboxylic acid groups (broad SMARTS) is 1. The van der Waals surface area contributed by atoms with Crippen molar-refractivity contribution >= 4 is 5.97 Å². The maximum absolute atomic E-state index is 10.8. The SMILES string of the molecule is CCc1cc(CNC(COC)c2cccc(-c3ccc(C)cc3)c2C)ccc1OCC(=O)O. The lowest BCUT2D eigenvalue weighted by molar-refractivity contribution is -0.139. The van der Waals surface area contributed by atoms with Gasteiger partial charge in [0.15, 0.2) is 6.61 Å². The molecule has 0 saturated carbocycles. The van der Waals surface area contributed by atoms with Gasteiger partial charge in [-0.15, -0.1) is 0 Å². The minimum atomic E-state index is -0.978. The minimum Gasteiger partial charge on any atom is -0.482 e. The topological polar surface area (TPSA) is 67.8 Å². The van der Waals surface area contributed by atoms with Crippen molar-refractivity contribution in [2.24, 2.45) is 0 Å². The van der Waals surface area contributed by atoms with Gasteiger partial charge in [-0.1, -0.05) is 67.1 Å². The van der Waals surface area contributed by atoms with Crippen LogP contribution in [0.3, 0.4) is 0 Å². The van der Waals surface area contributed by atoms with Crippen LogP contribution < -0.4 is 10.1 Å². The molecular formula is C28H33NO4. The van der Waals surface area contributed by atoms with Gasteiger partial charge >= 0.3 is 5.97 Å². The van der Waals surface area contributed by atoms with Crippen LogP contribution >= 0.6 is 0 Å². The van der Waals surface area contributed by atoms with Crippen LogP contribution in [-0.4, -0.2) is 31.4 Å². The van der Waals surface area contributed by atoms with E-state index in [0.29, 0.717) is 18.9 Å². The normalized spacial score (nSPS) is 11.9. The summed E-state index contributed by atoms with van der Waals surface area (Å²) in [5, 5.41) is 12.5. The number of methoxy groups -OCH3 is 1. The molecule has 5 nitrogen and oxygen atoms in total. The van der Waals surface area contributed by atoms with E-state index in [1.165, 1.54) is 27.8 Å². The monoisotopic (exact) mass is 447 g/mol. The van der Waals surface area contributed by atoms with Crippen LogP contribution in [0.25, 0.3) is 11.1 Å². The summed E-state index contributed by atoms with van der Waals surface area (Å²) in [5.41, 5.74) is 8.25. The van der Waals surface area contributed by atoms with Crippen molar-refractivity contribution in [2.75, 3.05) is 20.3 Å². The maximum atomic E-state index is 10.8. The Morgan fingerprint density at radius 3 is 2.48 bits per heavy atom. The molecule has 0 aliphatic rings. The van der Waals surface area contributed by atoms with Crippen molar-refractivity contribution in [1.82, 2.24) is 5.32 Å². The van der Waals surface area contributed by atoms with Crippen molar-refractivity contribution in [2.45, 2.75) is 39.8 Å². The number of hydrogen-bond acceptors (Lipinski definition) is 4. The Bertz CT molecular complexity index is 1080. The first-order valence-corrected chi connectivity index (χ1v) is 11.3. The van der Waals surface area contributed by atoms with Crippen LogP contribution in [0.5, 0.6) is 5.75 Å². The summed E-state index contributed by atoms with van der Waals surface area (Å²) in [4.78, 5) is 10.8. The zero-order valence-electron chi connectivity index (χ0n) is 19.9. The predicted molar refractivity (Wildman–Crippen MR) is 132 cm³/mol. The number of carboxylic acids is 1. The summed E-state index contributed by atoms with van der Waals surface area (Å²) in [6.07, 6.45) is 0.766. The van der Waals surface area contributed by atoms with Crippen LogP contribution in [0, 0.1) is 13.8 Å². The van der Waals surface area contributed by atoms with E-state index < -0.39 is 5.97 Å². The van der Waals surface area contributed by atoms with Crippen LogP contribution in [0.1, 0.15) is 40.8 Å². The lowest BCUT2D eigenvalue weighted by Gasteiger charge is -2.22. The van der Waals surface area contributed by atoms with Gasteiger partial charge in [-0.3, -0.25) is 0 Å². The van der Waals surface area contributed by atoms with Crippen LogP contribution in [0.15, 0.2) is 60.7 Å². The summed E-state index contributed by atoms with van der Waals surface area (Å²) in [7, 11) is 1.72. The first-order valence-electron chi connectivity index (χ1n) is 11.3. The number of hydrogen-bond donors (Lipinski definition) is 2. The van der Waals surface area contributed by atoms with Gasteiger partial charge in [-0.25, -0.2) is 4.79 Å². The molecule has 0 aliphatic heterocycles. The Morgan fingerprint density at radius 2 is 1.82 bits per heavy atom. The molecule has 3 rings (SSSR count). The fourth-order valence-electron chi connectivity index (χ4n) is 4.04. The number of nitrogens with one attached hydrogen (secondary N) is 1. The van der Waals surface area contributed by atoms with Crippen molar-refractivity contribution in [3.05, 3.63) is 88.5 Å². The number of carbonyl (C=O) groups is 1. The predicted octanol–water partition coefficient (Wildman–Crippen LogP) is 5.47. The Morgan fingerprint density at radius 1 is 1.06 bits per heavy atom. The van der Waals surface area contributed by atoms with Gasteiger partial charge in [0.2, 0.25) is 0 Å². The number of aryl methyl sites for hydroxylation is 2. The second-order valence-corrected chi connectivity index (χ2v) is 8.25. The molecule has 5 heteroatoms. The van der Waals surface area contributed by atoms with Gasteiger partial charge < -0.3 is 19.9 Å².